The SMILES string of the molecule is Cc1ccccc1-c1cccc(CC2NCCCC2N)c1. The van der Waals surface area contributed by atoms with Crippen LogP contribution < -0.4 is 11.1 Å². The lowest BCUT2D eigenvalue weighted by Gasteiger charge is -2.30. The molecule has 21 heavy (non-hydrogen) atoms. The molecule has 1 heterocycles. The summed E-state index contributed by atoms with van der Waals surface area (Å²) >= 11 is 0. The van der Waals surface area contributed by atoms with E-state index in [-0.39, 0.29) is 6.04 Å². The molecule has 0 saturated carbocycles. The molecule has 0 bridgehead atoms. The van der Waals surface area contributed by atoms with Crippen molar-refractivity contribution >= 4 is 0 Å². The molecular formula is C19H24N2. The van der Waals surface area contributed by atoms with Crippen LogP contribution in [0.1, 0.15) is 24.0 Å². The average Bonchev–Trinajstić information content (AvgIpc) is 2.50. The monoisotopic (exact) mass is 280 g/mol. The predicted octanol–water partition coefficient (Wildman–Crippen LogP) is 3.28. The van der Waals surface area contributed by atoms with Gasteiger partial charge in [0.1, 0.15) is 0 Å². The smallest absolute Gasteiger partial charge is 0.0259 e. The van der Waals surface area contributed by atoms with Gasteiger partial charge in [0.2, 0.25) is 0 Å². The summed E-state index contributed by atoms with van der Waals surface area (Å²) < 4.78 is 0. The number of aryl methyl sites for hydroxylation is 1. The largest absolute Gasteiger partial charge is 0.326 e. The van der Waals surface area contributed by atoms with Crippen molar-refractivity contribution in [2.24, 2.45) is 5.73 Å². The summed E-state index contributed by atoms with van der Waals surface area (Å²) in [5.41, 5.74) is 11.5. The van der Waals surface area contributed by atoms with E-state index in [0.717, 1.165) is 19.4 Å². The molecule has 2 heteroatoms. The Morgan fingerprint density at radius 3 is 2.81 bits per heavy atom. The van der Waals surface area contributed by atoms with E-state index >= 15 is 0 Å². The fourth-order valence-corrected chi connectivity index (χ4v) is 3.22. The predicted molar refractivity (Wildman–Crippen MR) is 89.3 cm³/mol. The maximum absolute atomic E-state index is 6.24. The maximum atomic E-state index is 6.24. The number of nitrogens with one attached hydrogen (secondary N) is 1. The van der Waals surface area contributed by atoms with Gasteiger partial charge in [-0.05, 0) is 55.0 Å². The van der Waals surface area contributed by atoms with E-state index in [4.69, 9.17) is 5.73 Å². The summed E-state index contributed by atoms with van der Waals surface area (Å²) in [5.74, 6) is 0. The Kier molecular flexibility index (Phi) is 4.37. The van der Waals surface area contributed by atoms with Crippen LogP contribution >= 0.6 is 0 Å². The number of nitrogens with two attached hydrogens (primary N) is 1. The van der Waals surface area contributed by atoms with Crippen LogP contribution in [0.25, 0.3) is 11.1 Å². The molecule has 1 aliphatic heterocycles. The second-order valence-corrected chi connectivity index (χ2v) is 6.09. The summed E-state index contributed by atoms with van der Waals surface area (Å²) in [4.78, 5) is 0. The highest BCUT2D eigenvalue weighted by Gasteiger charge is 2.21. The van der Waals surface area contributed by atoms with Crippen LogP contribution in [-0.4, -0.2) is 18.6 Å². The molecule has 0 aromatic heterocycles. The first-order valence-electron chi connectivity index (χ1n) is 7.88. The second kappa shape index (κ2) is 6.42. The third-order valence-corrected chi connectivity index (χ3v) is 4.48. The molecule has 0 amide bonds. The van der Waals surface area contributed by atoms with Crippen molar-refractivity contribution in [3.05, 3.63) is 59.7 Å². The fourth-order valence-electron chi connectivity index (χ4n) is 3.22. The van der Waals surface area contributed by atoms with Gasteiger partial charge in [-0.15, -0.1) is 0 Å². The highest BCUT2D eigenvalue weighted by atomic mass is 15.0. The Balaban J connectivity index is 1.82. The van der Waals surface area contributed by atoms with Crippen LogP contribution in [0.4, 0.5) is 0 Å². The molecule has 0 radical (unpaired) electrons. The first-order chi connectivity index (χ1) is 10.2. The molecule has 2 aromatic rings. The number of piperidine rings is 1. The van der Waals surface area contributed by atoms with Gasteiger partial charge in [0.05, 0.1) is 0 Å². The van der Waals surface area contributed by atoms with E-state index in [1.165, 1.54) is 28.7 Å². The van der Waals surface area contributed by atoms with E-state index in [0.29, 0.717) is 6.04 Å². The molecule has 2 unspecified atom stereocenters. The van der Waals surface area contributed by atoms with Crippen LogP contribution in [0.5, 0.6) is 0 Å². The topological polar surface area (TPSA) is 38.0 Å². The number of rotatable bonds is 3. The van der Waals surface area contributed by atoms with Crippen molar-refractivity contribution in [1.82, 2.24) is 5.32 Å². The Morgan fingerprint density at radius 1 is 1.14 bits per heavy atom. The summed E-state index contributed by atoms with van der Waals surface area (Å²) in [5, 5.41) is 3.56. The molecule has 3 N–H and O–H groups in total. The first-order valence-corrected chi connectivity index (χ1v) is 7.88. The van der Waals surface area contributed by atoms with E-state index in [2.05, 4.69) is 60.8 Å². The van der Waals surface area contributed by atoms with E-state index < -0.39 is 0 Å². The van der Waals surface area contributed by atoms with Gasteiger partial charge in [0.15, 0.2) is 0 Å². The van der Waals surface area contributed by atoms with Crippen LogP contribution in [0, 0.1) is 6.92 Å². The molecule has 110 valence electrons. The summed E-state index contributed by atoms with van der Waals surface area (Å²) in [6.45, 7) is 3.26. The fraction of sp³-hybridized carbons (Fsp3) is 0.368. The minimum Gasteiger partial charge on any atom is -0.326 e. The molecule has 2 aromatic carbocycles. The Bertz CT molecular complexity index is 606. The number of hydrogen-bond donors (Lipinski definition) is 2. The molecule has 1 fully saturated rings. The van der Waals surface area contributed by atoms with Crippen LogP contribution in [0.3, 0.4) is 0 Å². The number of hydrogen-bond acceptors (Lipinski definition) is 2. The van der Waals surface area contributed by atoms with E-state index in [9.17, 15) is 0 Å². The van der Waals surface area contributed by atoms with Crippen molar-refractivity contribution in [3.8, 4) is 11.1 Å². The van der Waals surface area contributed by atoms with Crippen molar-refractivity contribution in [1.29, 1.82) is 0 Å². The summed E-state index contributed by atoms with van der Waals surface area (Å²) in [7, 11) is 0. The van der Waals surface area contributed by atoms with Gasteiger partial charge in [0, 0.05) is 12.1 Å². The van der Waals surface area contributed by atoms with E-state index in [1.807, 2.05) is 0 Å². The highest BCUT2D eigenvalue weighted by Crippen LogP contribution is 2.24. The van der Waals surface area contributed by atoms with Gasteiger partial charge < -0.3 is 11.1 Å². The normalized spacial score (nSPS) is 22.2. The Hall–Kier alpha value is -1.64. The standard InChI is InChI=1S/C19H24N2/c1-14-6-2-3-9-17(14)16-8-4-7-15(12-16)13-19-18(20)10-5-11-21-19/h2-4,6-9,12,18-19,21H,5,10-11,13,20H2,1H3. The number of benzene rings is 2. The lowest BCUT2D eigenvalue weighted by atomic mass is 9.91. The minimum absolute atomic E-state index is 0.279. The van der Waals surface area contributed by atoms with Gasteiger partial charge in [-0.25, -0.2) is 0 Å². The summed E-state index contributed by atoms with van der Waals surface area (Å²) in [6, 6.07) is 18.1. The minimum atomic E-state index is 0.279. The average molecular weight is 280 g/mol. The molecule has 1 saturated heterocycles. The molecular weight excluding hydrogens is 256 g/mol. The zero-order valence-electron chi connectivity index (χ0n) is 12.7. The van der Waals surface area contributed by atoms with Gasteiger partial charge >= 0.3 is 0 Å². The lowest BCUT2D eigenvalue weighted by Crippen LogP contribution is -2.50. The van der Waals surface area contributed by atoms with Crippen LogP contribution in [0.15, 0.2) is 48.5 Å². The quantitative estimate of drug-likeness (QED) is 0.905. The van der Waals surface area contributed by atoms with Crippen molar-refractivity contribution < 1.29 is 0 Å². The zero-order valence-corrected chi connectivity index (χ0v) is 12.7. The third-order valence-electron chi connectivity index (χ3n) is 4.48. The molecule has 0 spiro atoms. The van der Waals surface area contributed by atoms with Gasteiger partial charge in [-0.1, -0.05) is 48.5 Å². The van der Waals surface area contributed by atoms with Crippen molar-refractivity contribution in [3.63, 3.8) is 0 Å². The molecule has 2 nitrogen and oxygen atoms in total. The van der Waals surface area contributed by atoms with Gasteiger partial charge in [0.25, 0.3) is 0 Å². The Morgan fingerprint density at radius 2 is 2.00 bits per heavy atom. The molecule has 3 rings (SSSR count). The van der Waals surface area contributed by atoms with Gasteiger partial charge in [-0.3, -0.25) is 0 Å². The third kappa shape index (κ3) is 3.34. The molecule has 0 aliphatic carbocycles. The molecule has 2 atom stereocenters. The highest BCUT2D eigenvalue weighted by molar-refractivity contribution is 5.67. The zero-order chi connectivity index (χ0) is 14.7. The van der Waals surface area contributed by atoms with Crippen LogP contribution in [-0.2, 0) is 6.42 Å². The summed E-state index contributed by atoms with van der Waals surface area (Å²) in [6.07, 6.45) is 3.34. The maximum Gasteiger partial charge on any atom is 0.0259 e. The lowest BCUT2D eigenvalue weighted by molar-refractivity contribution is 0.349. The second-order valence-electron chi connectivity index (χ2n) is 6.09. The molecule has 1 aliphatic rings. The van der Waals surface area contributed by atoms with Crippen LogP contribution in [0.2, 0.25) is 0 Å². The van der Waals surface area contributed by atoms with E-state index in [1.54, 1.807) is 0 Å². The van der Waals surface area contributed by atoms with Crippen molar-refractivity contribution in [2.45, 2.75) is 38.3 Å². The Labute approximate surface area is 127 Å². The first kappa shape index (κ1) is 14.3. The van der Waals surface area contributed by atoms with Crippen molar-refractivity contribution in [2.75, 3.05) is 6.54 Å². The van der Waals surface area contributed by atoms with Gasteiger partial charge in [-0.2, -0.15) is 0 Å².